The van der Waals surface area contributed by atoms with Gasteiger partial charge >= 0.3 is 0 Å². The van der Waals surface area contributed by atoms with Crippen LogP contribution in [0.5, 0.6) is 0 Å². The van der Waals surface area contributed by atoms with Gasteiger partial charge in [-0.05, 0) is 30.4 Å². The Labute approximate surface area is 120 Å². The van der Waals surface area contributed by atoms with Crippen molar-refractivity contribution in [3.63, 3.8) is 0 Å². The summed E-state index contributed by atoms with van der Waals surface area (Å²) in [6, 6.07) is 7.89. The number of benzene rings is 1. The van der Waals surface area contributed by atoms with Crippen LogP contribution >= 0.6 is 0 Å². The summed E-state index contributed by atoms with van der Waals surface area (Å²) in [4.78, 5) is 12.5. The fourth-order valence-electron chi connectivity index (χ4n) is 2.63. The molecule has 20 heavy (non-hydrogen) atoms. The molecule has 0 aliphatic carbocycles. The minimum atomic E-state index is -0.566. The van der Waals surface area contributed by atoms with Gasteiger partial charge in [0.25, 0.3) is 5.91 Å². The third kappa shape index (κ3) is 2.86. The standard InChI is InChI=1S/C16H23NO3/c1-3-16(4-2,11-18)17-15(19)14-13-8-6-5-7-12(13)9-10-20-14/h5-8,14,18H,3-4,9-11H2,1-2H3,(H,17,19)/t14-/m0/s1. The lowest BCUT2D eigenvalue weighted by Crippen LogP contribution is -2.52. The van der Waals surface area contributed by atoms with Crippen molar-refractivity contribution in [3.8, 4) is 0 Å². The summed E-state index contributed by atoms with van der Waals surface area (Å²) in [6.07, 6.45) is 1.66. The number of aliphatic hydroxyl groups excluding tert-OH is 1. The molecule has 1 heterocycles. The van der Waals surface area contributed by atoms with Crippen molar-refractivity contribution in [2.45, 2.75) is 44.8 Å². The van der Waals surface area contributed by atoms with Gasteiger partial charge in [-0.2, -0.15) is 0 Å². The van der Waals surface area contributed by atoms with Gasteiger partial charge in [-0.15, -0.1) is 0 Å². The summed E-state index contributed by atoms with van der Waals surface area (Å²) in [7, 11) is 0. The highest BCUT2D eigenvalue weighted by atomic mass is 16.5. The molecule has 0 radical (unpaired) electrons. The van der Waals surface area contributed by atoms with Crippen LogP contribution in [0.3, 0.4) is 0 Å². The van der Waals surface area contributed by atoms with Crippen LogP contribution in [0.4, 0.5) is 0 Å². The van der Waals surface area contributed by atoms with Gasteiger partial charge in [-0.25, -0.2) is 0 Å². The van der Waals surface area contributed by atoms with Crippen LogP contribution in [0.1, 0.15) is 43.9 Å². The fraction of sp³-hybridized carbons (Fsp3) is 0.562. The molecule has 1 aromatic carbocycles. The molecule has 0 aromatic heterocycles. The summed E-state index contributed by atoms with van der Waals surface area (Å²) in [6.45, 7) is 4.44. The van der Waals surface area contributed by atoms with E-state index in [1.165, 1.54) is 5.56 Å². The Morgan fingerprint density at radius 2 is 2.10 bits per heavy atom. The third-order valence-corrected chi connectivity index (χ3v) is 4.28. The monoisotopic (exact) mass is 277 g/mol. The number of fused-ring (bicyclic) bond motifs is 1. The van der Waals surface area contributed by atoms with E-state index in [1.54, 1.807) is 0 Å². The van der Waals surface area contributed by atoms with Crippen molar-refractivity contribution in [1.82, 2.24) is 5.32 Å². The number of carbonyl (C=O) groups excluding carboxylic acids is 1. The van der Waals surface area contributed by atoms with Gasteiger partial charge in [-0.3, -0.25) is 4.79 Å². The van der Waals surface area contributed by atoms with E-state index in [0.29, 0.717) is 19.4 Å². The predicted octanol–water partition coefficient (Wildman–Crippen LogP) is 1.97. The molecule has 1 amide bonds. The highest BCUT2D eigenvalue weighted by Crippen LogP contribution is 2.28. The minimum absolute atomic E-state index is 0.0554. The number of hydrogen-bond donors (Lipinski definition) is 2. The summed E-state index contributed by atoms with van der Waals surface area (Å²) >= 11 is 0. The van der Waals surface area contributed by atoms with Crippen LogP contribution in [0.15, 0.2) is 24.3 Å². The Balaban J connectivity index is 2.19. The van der Waals surface area contributed by atoms with Crippen LogP contribution in [-0.2, 0) is 16.0 Å². The Bertz CT molecular complexity index is 460. The van der Waals surface area contributed by atoms with E-state index in [0.717, 1.165) is 12.0 Å². The molecule has 1 aromatic rings. The molecule has 2 rings (SSSR count). The lowest BCUT2D eigenvalue weighted by atomic mass is 9.92. The molecule has 0 saturated carbocycles. The molecule has 0 bridgehead atoms. The van der Waals surface area contributed by atoms with E-state index >= 15 is 0 Å². The van der Waals surface area contributed by atoms with E-state index in [1.807, 2.05) is 38.1 Å². The summed E-state index contributed by atoms with van der Waals surface area (Å²) < 4.78 is 5.65. The van der Waals surface area contributed by atoms with Crippen molar-refractivity contribution in [2.75, 3.05) is 13.2 Å². The zero-order valence-electron chi connectivity index (χ0n) is 12.2. The SMILES string of the molecule is CCC(CC)(CO)NC(=O)[C@H]1OCCc2ccccc21. The van der Waals surface area contributed by atoms with Gasteiger partial charge in [0.05, 0.1) is 18.8 Å². The number of ether oxygens (including phenoxy) is 1. The third-order valence-electron chi connectivity index (χ3n) is 4.28. The second-order valence-corrected chi connectivity index (χ2v) is 5.33. The first kappa shape index (κ1) is 15.0. The predicted molar refractivity (Wildman–Crippen MR) is 77.4 cm³/mol. The molecule has 110 valence electrons. The zero-order chi connectivity index (χ0) is 14.6. The average molecular weight is 277 g/mol. The van der Waals surface area contributed by atoms with Crippen molar-refractivity contribution < 1.29 is 14.6 Å². The number of rotatable bonds is 5. The highest BCUT2D eigenvalue weighted by molar-refractivity contribution is 5.83. The van der Waals surface area contributed by atoms with Crippen molar-refractivity contribution in [1.29, 1.82) is 0 Å². The lowest BCUT2D eigenvalue weighted by molar-refractivity contribution is -0.137. The summed E-state index contributed by atoms with van der Waals surface area (Å²) in [5.41, 5.74) is 1.56. The Morgan fingerprint density at radius 3 is 2.75 bits per heavy atom. The van der Waals surface area contributed by atoms with E-state index in [-0.39, 0.29) is 12.5 Å². The van der Waals surface area contributed by atoms with Crippen LogP contribution < -0.4 is 5.32 Å². The van der Waals surface area contributed by atoms with Gasteiger partial charge < -0.3 is 15.2 Å². The molecule has 2 N–H and O–H groups in total. The van der Waals surface area contributed by atoms with E-state index < -0.39 is 11.6 Å². The highest BCUT2D eigenvalue weighted by Gasteiger charge is 2.33. The molecule has 4 heteroatoms. The van der Waals surface area contributed by atoms with Crippen LogP contribution in [0.25, 0.3) is 0 Å². The van der Waals surface area contributed by atoms with E-state index in [4.69, 9.17) is 4.74 Å². The second-order valence-electron chi connectivity index (χ2n) is 5.33. The minimum Gasteiger partial charge on any atom is -0.394 e. The largest absolute Gasteiger partial charge is 0.394 e. The lowest BCUT2D eigenvalue weighted by Gasteiger charge is -2.34. The maximum absolute atomic E-state index is 12.5. The first-order chi connectivity index (χ1) is 9.65. The molecule has 0 saturated heterocycles. The number of hydrogen-bond acceptors (Lipinski definition) is 3. The quantitative estimate of drug-likeness (QED) is 0.865. The van der Waals surface area contributed by atoms with Crippen molar-refractivity contribution >= 4 is 5.91 Å². The molecule has 1 aliphatic rings. The van der Waals surface area contributed by atoms with Crippen molar-refractivity contribution in [3.05, 3.63) is 35.4 Å². The molecule has 1 atom stereocenters. The average Bonchev–Trinajstić information content (AvgIpc) is 2.52. The second kappa shape index (κ2) is 6.37. The zero-order valence-corrected chi connectivity index (χ0v) is 12.2. The summed E-state index contributed by atoms with van der Waals surface area (Å²) in [5, 5.41) is 12.5. The maximum atomic E-state index is 12.5. The Hall–Kier alpha value is -1.39. The Kier molecular flexibility index (Phi) is 4.78. The van der Waals surface area contributed by atoms with E-state index in [2.05, 4.69) is 5.32 Å². The number of amides is 1. The molecule has 0 unspecified atom stereocenters. The van der Waals surface area contributed by atoms with Gasteiger partial charge in [-0.1, -0.05) is 38.1 Å². The first-order valence-corrected chi connectivity index (χ1v) is 7.28. The molecular weight excluding hydrogens is 254 g/mol. The van der Waals surface area contributed by atoms with Gasteiger partial charge in [0, 0.05) is 0 Å². The molecule has 0 spiro atoms. The topological polar surface area (TPSA) is 58.6 Å². The number of aliphatic hydroxyl groups is 1. The van der Waals surface area contributed by atoms with Gasteiger partial charge in [0.1, 0.15) is 0 Å². The number of carbonyl (C=O) groups is 1. The normalized spacial score (nSPS) is 18.4. The van der Waals surface area contributed by atoms with E-state index in [9.17, 15) is 9.90 Å². The summed E-state index contributed by atoms with van der Waals surface area (Å²) in [5.74, 6) is -0.157. The van der Waals surface area contributed by atoms with Gasteiger partial charge in [0.2, 0.25) is 0 Å². The molecule has 4 nitrogen and oxygen atoms in total. The Morgan fingerprint density at radius 1 is 1.40 bits per heavy atom. The number of nitrogens with one attached hydrogen (secondary N) is 1. The molecular formula is C16H23NO3. The smallest absolute Gasteiger partial charge is 0.254 e. The van der Waals surface area contributed by atoms with Crippen LogP contribution in [0.2, 0.25) is 0 Å². The van der Waals surface area contributed by atoms with Crippen LogP contribution in [0, 0.1) is 0 Å². The van der Waals surface area contributed by atoms with Crippen LogP contribution in [-0.4, -0.2) is 29.8 Å². The molecule has 0 fully saturated rings. The van der Waals surface area contributed by atoms with Gasteiger partial charge in [0.15, 0.2) is 6.10 Å². The fourth-order valence-corrected chi connectivity index (χ4v) is 2.63. The molecule has 1 aliphatic heterocycles. The van der Waals surface area contributed by atoms with Crippen molar-refractivity contribution in [2.24, 2.45) is 0 Å². The maximum Gasteiger partial charge on any atom is 0.254 e. The first-order valence-electron chi connectivity index (χ1n) is 7.28.